The molecule has 2 rings (SSSR count). The van der Waals surface area contributed by atoms with Gasteiger partial charge in [-0.3, -0.25) is 28.8 Å². The van der Waals surface area contributed by atoms with Crippen molar-refractivity contribution < 1.29 is 43.8 Å². The summed E-state index contributed by atoms with van der Waals surface area (Å²) in [5.74, 6) is -4.63. The van der Waals surface area contributed by atoms with E-state index < -0.39 is 90.8 Å². The van der Waals surface area contributed by atoms with Crippen molar-refractivity contribution in [2.45, 2.75) is 101 Å². The zero-order valence-electron chi connectivity index (χ0n) is 31.4. The van der Waals surface area contributed by atoms with Crippen LogP contribution in [0.3, 0.4) is 0 Å². The van der Waals surface area contributed by atoms with Crippen LogP contribution in [0.4, 0.5) is 0 Å². The van der Waals surface area contributed by atoms with Gasteiger partial charge in [-0.2, -0.15) is 11.8 Å². The zero-order valence-corrected chi connectivity index (χ0v) is 32.2. The molecule has 0 radical (unpaired) electrons. The van der Waals surface area contributed by atoms with Crippen LogP contribution in [0.5, 0.6) is 0 Å². The molecule has 6 amide bonds. The fourth-order valence-electron chi connectivity index (χ4n) is 5.96. The molecule has 11 N–H and O–H groups in total. The van der Waals surface area contributed by atoms with Gasteiger partial charge >= 0.3 is 5.97 Å². The molecule has 0 bridgehead atoms. The van der Waals surface area contributed by atoms with E-state index in [0.29, 0.717) is 43.5 Å². The summed E-state index contributed by atoms with van der Waals surface area (Å²) in [7, 11) is 0. The minimum absolute atomic E-state index is 0.0463. The third-order valence-corrected chi connectivity index (χ3v) is 9.50. The summed E-state index contributed by atoms with van der Waals surface area (Å²) in [6, 6.07) is 2.33. The first-order chi connectivity index (χ1) is 25.7. The Kier molecular flexibility index (Phi) is 20.6. The Hall–Kier alpha value is -4.26. The molecule has 1 saturated heterocycles. The number of nitrogens with one attached hydrogen (secondary N) is 5. The van der Waals surface area contributed by atoms with Gasteiger partial charge < -0.3 is 53.2 Å². The Labute approximate surface area is 320 Å². The van der Waals surface area contributed by atoms with Crippen LogP contribution in [-0.4, -0.2) is 131 Å². The molecule has 18 heteroatoms. The zero-order chi connectivity index (χ0) is 40.2. The minimum Gasteiger partial charge on any atom is -0.480 e. The summed E-state index contributed by atoms with van der Waals surface area (Å²) in [6.45, 7) is 3.29. The second-order valence-corrected chi connectivity index (χ2v) is 14.7. The summed E-state index contributed by atoms with van der Waals surface area (Å²) >= 11 is 1.43. The lowest BCUT2D eigenvalue weighted by molar-refractivity contribution is -0.142. The quantitative estimate of drug-likeness (QED) is 0.0549. The number of carbonyl (C=O) groups excluding carboxylic acids is 6. The number of aliphatic hydroxyl groups excluding tert-OH is 1. The van der Waals surface area contributed by atoms with Crippen LogP contribution >= 0.6 is 11.8 Å². The molecule has 6 atom stereocenters. The molecule has 54 heavy (non-hydrogen) atoms. The number of nitrogens with two attached hydrogens (primary N) is 2. The number of amides is 6. The average molecular weight is 779 g/mol. The van der Waals surface area contributed by atoms with E-state index in [1.165, 1.54) is 16.7 Å². The second-order valence-electron chi connectivity index (χ2n) is 13.7. The number of benzene rings is 1. The van der Waals surface area contributed by atoms with Crippen molar-refractivity contribution in [2.75, 3.05) is 38.2 Å². The number of aliphatic carboxylic acids is 1. The Balaban J connectivity index is 2.23. The Morgan fingerprint density at radius 1 is 0.889 bits per heavy atom. The van der Waals surface area contributed by atoms with E-state index in [4.69, 9.17) is 11.5 Å². The molecule has 0 spiro atoms. The number of hydrogen-bond donors (Lipinski definition) is 9. The molecule has 1 fully saturated rings. The van der Waals surface area contributed by atoms with Crippen LogP contribution < -0.4 is 38.1 Å². The van der Waals surface area contributed by atoms with Gasteiger partial charge in [0.2, 0.25) is 35.4 Å². The van der Waals surface area contributed by atoms with Gasteiger partial charge in [-0.05, 0) is 75.0 Å². The second kappa shape index (κ2) is 24.2. The van der Waals surface area contributed by atoms with Crippen LogP contribution in [-0.2, 0) is 40.0 Å². The van der Waals surface area contributed by atoms with E-state index >= 15 is 0 Å². The van der Waals surface area contributed by atoms with Crippen LogP contribution in [0.1, 0.15) is 64.4 Å². The molecule has 1 aliphatic rings. The highest BCUT2D eigenvalue weighted by molar-refractivity contribution is 7.98. The van der Waals surface area contributed by atoms with Gasteiger partial charge in [0.1, 0.15) is 36.3 Å². The number of thioether (sulfide) groups is 1. The normalized spacial score (nSPS) is 16.7. The van der Waals surface area contributed by atoms with E-state index in [-0.39, 0.29) is 38.1 Å². The average Bonchev–Trinajstić information content (AvgIpc) is 3.64. The maximum absolute atomic E-state index is 13.9. The third-order valence-electron chi connectivity index (χ3n) is 8.86. The first-order valence-corrected chi connectivity index (χ1v) is 19.7. The summed E-state index contributed by atoms with van der Waals surface area (Å²) in [5.41, 5.74) is 11.9. The molecule has 1 heterocycles. The van der Waals surface area contributed by atoms with Gasteiger partial charge in [0, 0.05) is 13.0 Å². The largest absolute Gasteiger partial charge is 0.480 e. The van der Waals surface area contributed by atoms with Crippen molar-refractivity contribution >= 4 is 53.2 Å². The van der Waals surface area contributed by atoms with E-state index in [9.17, 15) is 43.8 Å². The predicted octanol–water partition coefficient (Wildman–Crippen LogP) is -1.39. The molecular formula is C36H58N8O9S. The summed E-state index contributed by atoms with van der Waals surface area (Å²) in [4.78, 5) is 92.8. The summed E-state index contributed by atoms with van der Waals surface area (Å²) in [5, 5.41) is 32.0. The number of carbonyl (C=O) groups is 7. The molecule has 0 aliphatic carbocycles. The van der Waals surface area contributed by atoms with Crippen LogP contribution in [0.25, 0.3) is 0 Å². The van der Waals surface area contributed by atoms with Crippen molar-refractivity contribution in [1.29, 1.82) is 0 Å². The van der Waals surface area contributed by atoms with Gasteiger partial charge in [-0.25, -0.2) is 4.79 Å². The van der Waals surface area contributed by atoms with Gasteiger partial charge in [-0.15, -0.1) is 0 Å². The summed E-state index contributed by atoms with van der Waals surface area (Å²) < 4.78 is 0. The molecule has 1 aromatic carbocycles. The van der Waals surface area contributed by atoms with Crippen molar-refractivity contribution in [3.8, 4) is 0 Å². The highest BCUT2D eigenvalue weighted by Crippen LogP contribution is 2.19. The monoisotopic (exact) mass is 778 g/mol. The lowest BCUT2D eigenvalue weighted by Crippen LogP contribution is -2.59. The molecule has 17 nitrogen and oxygen atoms in total. The number of carboxylic acids is 1. The smallest absolute Gasteiger partial charge is 0.326 e. The SMILES string of the molecule is CSCC[C@H](NC(=O)[C@H](Cc1ccccc1)NC(=O)[C@H](CC(C)C)NC(=O)[C@@H]1CCCN1C(=O)[C@@H](N)CO)C(=O)NCC(=O)N[C@@H](CCCCN)C(=O)O. The molecule has 0 aromatic heterocycles. The number of likely N-dealkylation sites (tertiary alicyclic amines) is 1. The van der Waals surface area contributed by atoms with Crippen LogP contribution in [0.2, 0.25) is 0 Å². The number of carboxylic acid groups (broad SMARTS) is 1. The fraction of sp³-hybridized carbons (Fsp3) is 0.639. The number of unbranched alkanes of at least 4 members (excludes halogenated alkanes) is 1. The third kappa shape index (κ3) is 15.6. The fourth-order valence-corrected chi connectivity index (χ4v) is 6.43. The number of aliphatic hydroxyl groups is 1. The first kappa shape index (κ1) is 45.9. The van der Waals surface area contributed by atoms with Crippen LogP contribution in [0.15, 0.2) is 30.3 Å². The van der Waals surface area contributed by atoms with E-state index in [2.05, 4.69) is 26.6 Å². The molecular weight excluding hydrogens is 721 g/mol. The first-order valence-electron chi connectivity index (χ1n) is 18.3. The van der Waals surface area contributed by atoms with Crippen molar-refractivity contribution in [2.24, 2.45) is 17.4 Å². The van der Waals surface area contributed by atoms with Crippen LogP contribution in [0, 0.1) is 5.92 Å². The number of nitrogens with zero attached hydrogens (tertiary/aromatic N) is 1. The highest BCUT2D eigenvalue weighted by Gasteiger charge is 2.38. The van der Waals surface area contributed by atoms with E-state index in [0.717, 1.165) is 0 Å². The Morgan fingerprint density at radius 2 is 1.56 bits per heavy atom. The molecule has 1 aliphatic heterocycles. The maximum Gasteiger partial charge on any atom is 0.326 e. The van der Waals surface area contributed by atoms with E-state index in [1.807, 2.05) is 20.1 Å². The van der Waals surface area contributed by atoms with E-state index in [1.54, 1.807) is 30.3 Å². The number of rotatable bonds is 24. The maximum atomic E-state index is 13.9. The lowest BCUT2D eigenvalue weighted by atomic mass is 10.00. The Morgan fingerprint density at radius 3 is 2.17 bits per heavy atom. The van der Waals surface area contributed by atoms with Crippen molar-refractivity contribution in [1.82, 2.24) is 31.5 Å². The molecule has 1 aromatic rings. The molecule has 0 saturated carbocycles. The summed E-state index contributed by atoms with van der Waals surface area (Å²) in [6.07, 6.45) is 4.42. The Bertz CT molecular complexity index is 1400. The molecule has 0 unspecified atom stereocenters. The predicted molar refractivity (Wildman–Crippen MR) is 204 cm³/mol. The minimum atomic E-state index is -1.21. The van der Waals surface area contributed by atoms with Gasteiger partial charge in [0.05, 0.1) is 13.2 Å². The number of hydrogen-bond acceptors (Lipinski definition) is 11. The van der Waals surface area contributed by atoms with Gasteiger partial charge in [0.15, 0.2) is 0 Å². The lowest BCUT2D eigenvalue weighted by Gasteiger charge is -2.29. The van der Waals surface area contributed by atoms with Gasteiger partial charge in [0.25, 0.3) is 0 Å². The highest BCUT2D eigenvalue weighted by atomic mass is 32.2. The standard InChI is InChI=1S/C36H58N8O9S/c1-22(2)18-27(43-34(50)29-13-9-16-44(29)35(51)24(38)21-45)32(48)42-28(19-23-10-5-4-6-11-23)33(49)41-25(14-17-54-3)31(47)39-20-30(46)40-26(36(52)53)12-7-8-15-37/h4-6,10-11,22,24-29,45H,7-9,12-21,37-38H2,1-3H3,(H,39,47)(H,40,46)(H,41,49)(H,42,48)(H,43,50)(H,52,53)/t24-,25-,26-,27-,28-,29-/m0/s1. The molecule has 302 valence electrons. The van der Waals surface area contributed by atoms with Gasteiger partial charge in [-0.1, -0.05) is 44.2 Å². The van der Waals surface area contributed by atoms with Crippen molar-refractivity contribution in [3.63, 3.8) is 0 Å². The van der Waals surface area contributed by atoms with Crippen molar-refractivity contribution in [3.05, 3.63) is 35.9 Å². The topological polar surface area (TPSA) is 275 Å².